The minimum absolute atomic E-state index is 0.320. The lowest BCUT2D eigenvalue weighted by Gasteiger charge is -2.12. The van der Waals surface area contributed by atoms with Gasteiger partial charge in [-0.2, -0.15) is 0 Å². The standard InChI is InChI=1S/C13H12BrFN2/c1-8-5-6-12(11(16)7-8)17-13-9(14)3-2-4-10(13)15/h2-7,17H,16H2,1H3. The average molecular weight is 295 g/mol. The maximum absolute atomic E-state index is 13.6. The van der Waals surface area contributed by atoms with Gasteiger partial charge in [-0.1, -0.05) is 12.1 Å². The molecule has 0 saturated carbocycles. The normalized spacial score (nSPS) is 10.3. The Bertz CT molecular complexity index is 535. The molecule has 2 aromatic carbocycles. The molecule has 2 nitrogen and oxygen atoms in total. The van der Waals surface area contributed by atoms with Crippen LogP contribution in [0.2, 0.25) is 0 Å². The molecule has 0 aliphatic carbocycles. The lowest BCUT2D eigenvalue weighted by molar-refractivity contribution is 0.631. The second kappa shape index (κ2) is 4.75. The molecule has 0 saturated heterocycles. The molecule has 88 valence electrons. The number of rotatable bonds is 2. The second-order valence-electron chi connectivity index (χ2n) is 3.81. The summed E-state index contributed by atoms with van der Waals surface area (Å²) in [5.74, 6) is -0.320. The van der Waals surface area contributed by atoms with Crippen molar-refractivity contribution < 1.29 is 4.39 Å². The van der Waals surface area contributed by atoms with Gasteiger partial charge in [0.15, 0.2) is 0 Å². The Kier molecular flexibility index (Phi) is 3.33. The first-order valence-corrected chi connectivity index (χ1v) is 5.94. The summed E-state index contributed by atoms with van der Waals surface area (Å²) in [5, 5.41) is 2.99. The summed E-state index contributed by atoms with van der Waals surface area (Å²) in [6.45, 7) is 1.96. The molecule has 0 aliphatic rings. The molecule has 0 amide bonds. The molecule has 0 fully saturated rings. The zero-order valence-electron chi connectivity index (χ0n) is 9.30. The maximum atomic E-state index is 13.6. The van der Waals surface area contributed by atoms with E-state index < -0.39 is 0 Å². The molecule has 3 N–H and O–H groups in total. The predicted octanol–water partition coefficient (Wildman–Crippen LogP) is 4.22. The summed E-state index contributed by atoms with van der Waals surface area (Å²) >= 11 is 3.30. The van der Waals surface area contributed by atoms with E-state index in [4.69, 9.17) is 5.73 Å². The number of hydrogen-bond acceptors (Lipinski definition) is 2. The van der Waals surface area contributed by atoms with Crippen molar-refractivity contribution >= 4 is 33.0 Å². The third-order valence-electron chi connectivity index (χ3n) is 2.43. The Morgan fingerprint density at radius 2 is 2.00 bits per heavy atom. The van der Waals surface area contributed by atoms with Crippen molar-refractivity contribution in [3.8, 4) is 0 Å². The molecule has 0 aliphatic heterocycles. The molecule has 4 heteroatoms. The summed E-state index contributed by atoms with van der Waals surface area (Å²) in [6, 6.07) is 10.4. The quantitative estimate of drug-likeness (QED) is 0.814. The van der Waals surface area contributed by atoms with Gasteiger partial charge in [-0.25, -0.2) is 4.39 Å². The molecular weight excluding hydrogens is 283 g/mol. The summed E-state index contributed by atoms with van der Waals surface area (Å²) < 4.78 is 14.3. The van der Waals surface area contributed by atoms with Gasteiger partial charge in [0.05, 0.1) is 17.1 Å². The van der Waals surface area contributed by atoms with Crippen LogP contribution in [0.25, 0.3) is 0 Å². The molecule has 0 radical (unpaired) electrons. The summed E-state index contributed by atoms with van der Waals surface area (Å²) in [7, 11) is 0. The van der Waals surface area contributed by atoms with Gasteiger partial charge < -0.3 is 11.1 Å². The molecule has 0 spiro atoms. The Morgan fingerprint density at radius 3 is 2.65 bits per heavy atom. The number of nitrogens with two attached hydrogens (primary N) is 1. The van der Waals surface area contributed by atoms with Crippen LogP contribution in [0, 0.1) is 12.7 Å². The fourth-order valence-corrected chi connectivity index (χ4v) is 1.99. The van der Waals surface area contributed by atoms with E-state index in [0.29, 0.717) is 21.5 Å². The van der Waals surface area contributed by atoms with Gasteiger partial charge in [0, 0.05) is 4.47 Å². The zero-order valence-corrected chi connectivity index (χ0v) is 10.9. The topological polar surface area (TPSA) is 38.0 Å². The van der Waals surface area contributed by atoms with Crippen LogP contribution in [0.1, 0.15) is 5.56 Å². The lowest BCUT2D eigenvalue weighted by atomic mass is 10.2. The number of halogens is 2. The summed E-state index contributed by atoms with van der Waals surface area (Å²) in [6.07, 6.45) is 0. The van der Waals surface area contributed by atoms with Crippen molar-refractivity contribution in [2.45, 2.75) is 6.92 Å². The second-order valence-corrected chi connectivity index (χ2v) is 4.67. The van der Waals surface area contributed by atoms with Crippen molar-refractivity contribution in [1.82, 2.24) is 0 Å². The van der Waals surface area contributed by atoms with Crippen molar-refractivity contribution in [3.05, 3.63) is 52.3 Å². The van der Waals surface area contributed by atoms with Crippen LogP contribution < -0.4 is 11.1 Å². The van der Waals surface area contributed by atoms with E-state index in [1.165, 1.54) is 6.07 Å². The molecule has 2 rings (SSSR count). The molecule has 17 heavy (non-hydrogen) atoms. The first-order valence-electron chi connectivity index (χ1n) is 5.15. The van der Waals surface area contributed by atoms with Crippen LogP contribution in [0.4, 0.5) is 21.5 Å². The van der Waals surface area contributed by atoms with Crippen LogP contribution in [0.15, 0.2) is 40.9 Å². The van der Waals surface area contributed by atoms with E-state index in [0.717, 1.165) is 5.56 Å². The molecular formula is C13H12BrFN2. The van der Waals surface area contributed by atoms with Crippen molar-refractivity contribution in [2.24, 2.45) is 0 Å². The number of nitrogen functional groups attached to an aromatic ring is 1. The third-order valence-corrected chi connectivity index (χ3v) is 3.09. The van der Waals surface area contributed by atoms with Gasteiger partial charge in [-0.05, 0) is 52.7 Å². The average Bonchev–Trinajstić information content (AvgIpc) is 2.26. The van der Waals surface area contributed by atoms with Gasteiger partial charge in [0.1, 0.15) is 5.82 Å². The van der Waals surface area contributed by atoms with Gasteiger partial charge in [-0.15, -0.1) is 0 Å². The Balaban J connectivity index is 2.38. The van der Waals surface area contributed by atoms with Gasteiger partial charge >= 0.3 is 0 Å². The SMILES string of the molecule is Cc1ccc(Nc2c(F)cccc2Br)c(N)c1. The highest BCUT2D eigenvalue weighted by Crippen LogP contribution is 2.31. The Labute approximate surface area is 108 Å². The van der Waals surface area contributed by atoms with Crippen LogP contribution >= 0.6 is 15.9 Å². The van der Waals surface area contributed by atoms with Crippen molar-refractivity contribution in [2.75, 3.05) is 11.1 Å². The number of hydrogen-bond donors (Lipinski definition) is 2. The van der Waals surface area contributed by atoms with E-state index in [9.17, 15) is 4.39 Å². The van der Waals surface area contributed by atoms with Crippen molar-refractivity contribution in [1.29, 1.82) is 0 Å². The maximum Gasteiger partial charge on any atom is 0.147 e. The van der Waals surface area contributed by atoms with Crippen LogP contribution in [0.3, 0.4) is 0 Å². The zero-order chi connectivity index (χ0) is 12.4. The van der Waals surface area contributed by atoms with Gasteiger partial charge in [0.2, 0.25) is 0 Å². The first-order chi connectivity index (χ1) is 8.08. The van der Waals surface area contributed by atoms with Crippen LogP contribution in [-0.4, -0.2) is 0 Å². The van der Waals surface area contributed by atoms with E-state index in [-0.39, 0.29) is 5.82 Å². The third kappa shape index (κ3) is 2.58. The Morgan fingerprint density at radius 1 is 1.24 bits per heavy atom. The summed E-state index contributed by atoms with van der Waals surface area (Å²) in [4.78, 5) is 0. The number of anilines is 3. The molecule has 0 heterocycles. The van der Waals surface area contributed by atoms with E-state index in [1.54, 1.807) is 12.1 Å². The highest BCUT2D eigenvalue weighted by Gasteiger charge is 2.08. The molecule has 0 unspecified atom stereocenters. The molecule has 2 aromatic rings. The van der Waals surface area contributed by atoms with E-state index in [2.05, 4.69) is 21.2 Å². The largest absolute Gasteiger partial charge is 0.397 e. The van der Waals surface area contributed by atoms with Gasteiger partial charge in [-0.3, -0.25) is 0 Å². The number of para-hydroxylation sites is 1. The smallest absolute Gasteiger partial charge is 0.147 e. The minimum atomic E-state index is -0.320. The number of nitrogens with one attached hydrogen (secondary N) is 1. The highest BCUT2D eigenvalue weighted by molar-refractivity contribution is 9.10. The predicted molar refractivity (Wildman–Crippen MR) is 73.0 cm³/mol. The van der Waals surface area contributed by atoms with Crippen molar-refractivity contribution in [3.63, 3.8) is 0 Å². The van der Waals surface area contributed by atoms with Crippen LogP contribution in [0.5, 0.6) is 0 Å². The molecule has 0 atom stereocenters. The monoisotopic (exact) mass is 294 g/mol. The fraction of sp³-hybridized carbons (Fsp3) is 0.0769. The number of benzene rings is 2. The van der Waals surface area contributed by atoms with E-state index in [1.807, 2.05) is 25.1 Å². The van der Waals surface area contributed by atoms with Gasteiger partial charge in [0.25, 0.3) is 0 Å². The molecule has 0 aromatic heterocycles. The fourth-order valence-electron chi connectivity index (χ4n) is 1.55. The summed E-state index contributed by atoms with van der Waals surface area (Å²) in [5.41, 5.74) is 8.62. The van der Waals surface area contributed by atoms with Crippen LogP contribution in [-0.2, 0) is 0 Å². The first kappa shape index (κ1) is 11.9. The highest BCUT2D eigenvalue weighted by atomic mass is 79.9. The lowest BCUT2D eigenvalue weighted by Crippen LogP contribution is -1.99. The molecule has 0 bridgehead atoms. The Hall–Kier alpha value is -1.55. The van der Waals surface area contributed by atoms with E-state index >= 15 is 0 Å². The minimum Gasteiger partial charge on any atom is -0.397 e. The number of aryl methyl sites for hydroxylation is 1.